The second-order valence-electron chi connectivity index (χ2n) is 3.79. The van der Waals surface area contributed by atoms with Crippen LogP contribution in [0.3, 0.4) is 0 Å². The van der Waals surface area contributed by atoms with E-state index in [4.69, 9.17) is 14.8 Å². The van der Waals surface area contributed by atoms with Crippen molar-refractivity contribution in [3.8, 4) is 0 Å². The average Bonchev–Trinajstić information content (AvgIpc) is 2.24. The SMILES string of the molecule is Nc1ccc2c(S(=O)(=O)O)cccc2c1S(=O)(=O)O.[Na]. The van der Waals surface area contributed by atoms with Gasteiger partial charge in [-0.15, -0.1) is 0 Å². The summed E-state index contributed by atoms with van der Waals surface area (Å²) in [5, 5.41) is -0.135. The third kappa shape index (κ3) is 3.14. The first-order valence-electron chi connectivity index (χ1n) is 4.88. The van der Waals surface area contributed by atoms with Gasteiger partial charge >= 0.3 is 0 Å². The van der Waals surface area contributed by atoms with Gasteiger partial charge in [-0.2, -0.15) is 16.8 Å². The first-order chi connectivity index (χ1) is 8.62. The molecule has 0 bridgehead atoms. The van der Waals surface area contributed by atoms with Crippen LogP contribution in [-0.4, -0.2) is 55.5 Å². The zero-order valence-corrected chi connectivity index (χ0v) is 13.9. The fraction of sp³-hybridized carbons (Fsp3) is 0. The van der Waals surface area contributed by atoms with Crippen LogP contribution in [0.15, 0.2) is 40.1 Å². The molecule has 10 heteroatoms. The van der Waals surface area contributed by atoms with Gasteiger partial charge in [-0.3, -0.25) is 9.11 Å². The Bertz CT molecular complexity index is 876. The van der Waals surface area contributed by atoms with Crippen molar-refractivity contribution >= 4 is 66.3 Å². The maximum Gasteiger partial charge on any atom is 0.297 e. The van der Waals surface area contributed by atoms with E-state index in [9.17, 15) is 16.8 Å². The van der Waals surface area contributed by atoms with Gasteiger partial charge in [-0.05, 0) is 12.1 Å². The summed E-state index contributed by atoms with van der Waals surface area (Å²) in [7, 11) is -9.15. The summed E-state index contributed by atoms with van der Waals surface area (Å²) in [4.78, 5) is -1.05. The van der Waals surface area contributed by atoms with E-state index in [2.05, 4.69) is 0 Å². The summed E-state index contributed by atoms with van der Waals surface area (Å²) in [6.07, 6.45) is 0. The fourth-order valence-electron chi connectivity index (χ4n) is 1.83. The maximum atomic E-state index is 11.3. The van der Waals surface area contributed by atoms with Crippen LogP contribution in [0.1, 0.15) is 0 Å². The molecule has 2 aromatic carbocycles. The van der Waals surface area contributed by atoms with E-state index < -0.39 is 30.0 Å². The number of rotatable bonds is 2. The van der Waals surface area contributed by atoms with Crippen LogP contribution in [0.25, 0.3) is 10.8 Å². The standard InChI is InChI=1S/C10H9NO6S2.Na/c11-8-5-4-6-7(10(8)19(15,16)17)2-1-3-9(6)18(12,13)14;/h1-5H,11H2,(H,12,13,14)(H,15,16,17);. The molecule has 0 amide bonds. The second-order valence-corrected chi connectivity index (χ2v) is 6.53. The Kier molecular flexibility index (Phi) is 4.87. The van der Waals surface area contributed by atoms with E-state index in [1.54, 1.807) is 0 Å². The van der Waals surface area contributed by atoms with Crippen molar-refractivity contribution < 1.29 is 25.9 Å². The van der Waals surface area contributed by atoms with E-state index in [1.165, 1.54) is 18.2 Å². The summed E-state index contributed by atoms with van der Waals surface area (Å²) in [6.45, 7) is 0. The number of nitrogens with two attached hydrogens (primary N) is 1. The molecule has 4 N–H and O–H groups in total. The van der Waals surface area contributed by atoms with Gasteiger partial charge in [-0.1, -0.05) is 18.2 Å². The quantitative estimate of drug-likeness (QED) is 0.416. The summed E-state index contributed by atoms with van der Waals surface area (Å²) in [5.74, 6) is 0. The molecule has 103 valence electrons. The second kappa shape index (κ2) is 5.60. The first kappa shape index (κ1) is 17.4. The van der Waals surface area contributed by atoms with E-state index in [-0.39, 0.29) is 46.0 Å². The Balaban J connectivity index is 0.00000200. The van der Waals surface area contributed by atoms with Gasteiger partial charge in [0.05, 0.1) is 5.69 Å². The van der Waals surface area contributed by atoms with E-state index in [1.807, 2.05) is 0 Å². The monoisotopic (exact) mass is 326 g/mol. The largest absolute Gasteiger partial charge is 0.398 e. The minimum atomic E-state index is -4.62. The molecule has 0 atom stereocenters. The minimum Gasteiger partial charge on any atom is -0.398 e. The minimum absolute atomic E-state index is 0. The van der Waals surface area contributed by atoms with Crippen molar-refractivity contribution in [3.63, 3.8) is 0 Å². The molecule has 20 heavy (non-hydrogen) atoms. The first-order valence-corrected chi connectivity index (χ1v) is 7.76. The number of anilines is 1. The van der Waals surface area contributed by atoms with Gasteiger partial charge in [0, 0.05) is 40.3 Å². The molecule has 1 radical (unpaired) electrons. The maximum absolute atomic E-state index is 11.3. The molecule has 0 saturated heterocycles. The van der Waals surface area contributed by atoms with Crippen molar-refractivity contribution in [2.45, 2.75) is 9.79 Å². The van der Waals surface area contributed by atoms with Crippen LogP contribution >= 0.6 is 0 Å². The predicted molar refractivity (Wildman–Crippen MR) is 73.7 cm³/mol. The van der Waals surface area contributed by atoms with Gasteiger partial charge in [0.15, 0.2) is 0 Å². The van der Waals surface area contributed by atoms with Crippen molar-refractivity contribution in [1.29, 1.82) is 0 Å². The molecule has 2 aromatic rings. The number of hydrogen-bond donors (Lipinski definition) is 3. The van der Waals surface area contributed by atoms with Crippen molar-refractivity contribution in [1.82, 2.24) is 0 Å². The summed E-state index contributed by atoms with van der Waals surface area (Å²) in [6, 6.07) is 6.02. The van der Waals surface area contributed by atoms with E-state index in [0.29, 0.717) is 0 Å². The molecule has 0 unspecified atom stereocenters. The molecule has 0 saturated carbocycles. The zero-order valence-electron chi connectivity index (χ0n) is 10.3. The third-order valence-electron chi connectivity index (χ3n) is 2.54. The van der Waals surface area contributed by atoms with Gasteiger partial charge in [-0.25, -0.2) is 0 Å². The molecule has 0 spiro atoms. The molecular formula is C10H9NNaO6S2. The van der Waals surface area contributed by atoms with Gasteiger partial charge < -0.3 is 5.73 Å². The van der Waals surface area contributed by atoms with E-state index in [0.717, 1.165) is 12.1 Å². The van der Waals surface area contributed by atoms with Gasteiger partial charge in [0.25, 0.3) is 20.2 Å². The third-order valence-corrected chi connectivity index (χ3v) is 4.42. The van der Waals surface area contributed by atoms with Crippen LogP contribution in [0.2, 0.25) is 0 Å². The molecule has 0 heterocycles. The van der Waals surface area contributed by atoms with Crippen LogP contribution in [0.5, 0.6) is 0 Å². The van der Waals surface area contributed by atoms with Crippen molar-refractivity contribution in [2.24, 2.45) is 0 Å². The smallest absolute Gasteiger partial charge is 0.297 e. The Morgan fingerprint density at radius 2 is 1.45 bits per heavy atom. The number of benzene rings is 2. The van der Waals surface area contributed by atoms with Gasteiger partial charge in [0.2, 0.25) is 0 Å². The topological polar surface area (TPSA) is 135 Å². The van der Waals surface area contributed by atoms with Crippen LogP contribution in [0, 0.1) is 0 Å². The van der Waals surface area contributed by atoms with Crippen LogP contribution < -0.4 is 5.73 Å². The predicted octanol–water partition coefficient (Wildman–Crippen LogP) is 0.535. The van der Waals surface area contributed by atoms with Crippen molar-refractivity contribution in [3.05, 3.63) is 30.3 Å². The number of nitrogen functional groups attached to an aromatic ring is 1. The Hall–Kier alpha value is -0.680. The Labute approximate surface area is 137 Å². The summed E-state index contributed by atoms with van der Waals surface area (Å²) >= 11 is 0. The van der Waals surface area contributed by atoms with Crippen molar-refractivity contribution in [2.75, 3.05) is 5.73 Å². The van der Waals surface area contributed by atoms with Crippen LogP contribution in [-0.2, 0) is 20.2 Å². The zero-order chi connectivity index (χ0) is 14.4. The molecular weight excluding hydrogens is 317 g/mol. The average molecular weight is 326 g/mol. The Morgan fingerprint density at radius 1 is 0.850 bits per heavy atom. The summed E-state index contributed by atoms with van der Waals surface area (Å²) in [5.41, 5.74) is 5.26. The molecule has 0 aliphatic carbocycles. The normalized spacial score (nSPS) is 12.1. The molecule has 0 fully saturated rings. The van der Waals surface area contributed by atoms with E-state index >= 15 is 0 Å². The molecule has 7 nitrogen and oxygen atoms in total. The molecule has 0 aromatic heterocycles. The summed E-state index contributed by atoms with van der Waals surface area (Å²) < 4.78 is 63.2. The number of fused-ring (bicyclic) bond motifs is 1. The van der Waals surface area contributed by atoms with Gasteiger partial charge in [0.1, 0.15) is 9.79 Å². The Morgan fingerprint density at radius 3 is 1.95 bits per heavy atom. The fourth-order valence-corrected chi connectivity index (χ4v) is 3.36. The number of hydrogen-bond acceptors (Lipinski definition) is 5. The molecule has 2 rings (SSSR count). The molecule has 0 aliphatic rings. The molecule has 0 aliphatic heterocycles. The van der Waals surface area contributed by atoms with Crippen LogP contribution in [0.4, 0.5) is 5.69 Å².